The van der Waals surface area contributed by atoms with Crippen LogP contribution in [0.1, 0.15) is 38.5 Å². The average molecular weight is 235 g/mol. The second-order valence-corrected chi connectivity index (χ2v) is 6.16. The first-order chi connectivity index (χ1) is 8.11. The molecule has 2 atom stereocenters. The third-order valence-corrected chi connectivity index (χ3v) is 4.93. The van der Waals surface area contributed by atoms with Crippen molar-refractivity contribution in [2.75, 3.05) is 7.11 Å². The maximum absolute atomic E-state index is 12.0. The number of hydrogen-bond acceptors (Lipinski definition) is 4. The van der Waals surface area contributed by atoms with Gasteiger partial charge in [0.25, 0.3) is 0 Å². The maximum atomic E-state index is 12.0. The van der Waals surface area contributed by atoms with Crippen LogP contribution < -0.4 is 0 Å². The summed E-state index contributed by atoms with van der Waals surface area (Å²) in [4.78, 5) is 26.7. The molecule has 0 spiro atoms. The van der Waals surface area contributed by atoms with Crippen LogP contribution in [0.3, 0.4) is 0 Å². The van der Waals surface area contributed by atoms with Crippen molar-refractivity contribution in [3.8, 4) is 0 Å². The lowest BCUT2D eigenvalue weighted by Crippen LogP contribution is -2.57. The molecule has 4 aliphatic carbocycles. The second-order valence-electron chi connectivity index (χ2n) is 6.16. The summed E-state index contributed by atoms with van der Waals surface area (Å²) in [6.07, 6.45) is 7.36. The number of aliphatic imine (C=N–C) groups is 1. The van der Waals surface area contributed by atoms with Crippen LogP contribution in [-0.2, 0) is 14.3 Å². The van der Waals surface area contributed by atoms with Crippen molar-refractivity contribution in [1.29, 1.82) is 0 Å². The van der Waals surface area contributed by atoms with Gasteiger partial charge in [-0.05, 0) is 50.4 Å². The molecule has 17 heavy (non-hydrogen) atoms. The Labute approximate surface area is 100 Å². The predicted octanol–water partition coefficient (Wildman–Crippen LogP) is 1.83. The molecule has 92 valence electrons. The Bertz CT molecular complexity index is 397. The molecule has 0 aromatic carbocycles. The number of rotatable bonds is 2. The van der Waals surface area contributed by atoms with E-state index < -0.39 is 0 Å². The van der Waals surface area contributed by atoms with E-state index in [1.165, 1.54) is 13.5 Å². The number of hydrogen-bond donors (Lipinski definition) is 0. The summed E-state index contributed by atoms with van der Waals surface area (Å²) in [5, 5.41) is 0. The van der Waals surface area contributed by atoms with Crippen molar-refractivity contribution in [1.82, 2.24) is 0 Å². The quantitative estimate of drug-likeness (QED) is 0.417. The van der Waals surface area contributed by atoms with Crippen LogP contribution in [0.5, 0.6) is 0 Å². The van der Waals surface area contributed by atoms with Gasteiger partial charge >= 0.3 is 5.97 Å². The van der Waals surface area contributed by atoms with Gasteiger partial charge in [0.05, 0.1) is 18.1 Å². The highest BCUT2D eigenvalue weighted by molar-refractivity contribution is 5.77. The topological polar surface area (TPSA) is 55.7 Å². The summed E-state index contributed by atoms with van der Waals surface area (Å²) < 4.78 is 4.98. The fourth-order valence-electron chi connectivity index (χ4n) is 4.90. The van der Waals surface area contributed by atoms with Gasteiger partial charge in [0.2, 0.25) is 6.08 Å². The molecule has 0 N–H and O–H groups in total. The van der Waals surface area contributed by atoms with Gasteiger partial charge < -0.3 is 4.74 Å². The first-order valence-electron chi connectivity index (χ1n) is 6.29. The van der Waals surface area contributed by atoms with Crippen molar-refractivity contribution in [3.63, 3.8) is 0 Å². The first-order valence-corrected chi connectivity index (χ1v) is 6.29. The van der Waals surface area contributed by atoms with Gasteiger partial charge in [-0.1, -0.05) is 0 Å². The van der Waals surface area contributed by atoms with Crippen LogP contribution in [0.4, 0.5) is 0 Å². The highest BCUT2D eigenvalue weighted by Gasteiger charge is 2.61. The Kier molecular flexibility index (Phi) is 2.21. The van der Waals surface area contributed by atoms with Gasteiger partial charge in [0, 0.05) is 0 Å². The third kappa shape index (κ3) is 1.47. The van der Waals surface area contributed by atoms with Gasteiger partial charge in [0.1, 0.15) is 0 Å². The molecule has 0 amide bonds. The smallest absolute Gasteiger partial charge is 0.311 e. The van der Waals surface area contributed by atoms with E-state index in [1.54, 1.807) is 6.08 Å². The molecule has 4 nitrogen and oxygen atoms in total. The molecule has 0 aromatic heterocycles. The van der Waals surface area contributed by atoms with Crippen molar-refractivity contribution < 1.29 is 14.3 Å². The van der Waals surface area contributed by atoms with E-state index in [0.717, 1.165) is 25.7 Å². The van der Waals surface area contributed by atoms with Gasteiger partial charge in [-0.25, -0.2) is 4.79 Å². The number of carbonyl (C=O) groups excluding carboxylic acids is 2. The lowest BCUT2D eigenvalue weighted by molar-refractivity contribution is -0.170. The number of ether oxygens (including phenoxy) is 1. The Balaban J connectivity index is 1.99. The lowest BCUT2D eigenvalue weighted by Gasteiger charge is -2.58. The SMILES string of the molecule is COC(=O)C12CC3CC(CC(N=C=O)(C3)C1)C2. The monoisotopic (exact) mass is 235 g/mol. The lowest BCUT2D eigenvalue weighted by atomic mass is 9.47. The largest absolute Gasteiger partial charge is 0.469 e. The van der Waals surface area contributed by atoms with E-state index in [1.807, 2.05) is 0 Å². The summed E-state index contributed by atoms with van der Waals surface area (Å²) in [5.41, 5.74) is -0.667. The minimum Gasteiger partial charge on any atom is -0.469 e. The number of carbonyl (C=O) groups is 1. The van der Waals surface area contributed by atoms with Crippen LogP contribution in [0.15, 0.2) is 4.99 Å². The molecule has 2 unspecified atom stereocenters. The zero-order chi connectivity index (χ0) is 12.1. The fourth-order valence-corrected chi connectivity index (χ4v) is 4.90. The van der Waals surface area contributed by atoms with Crippen LogP contribution in [0, 0.1) is 17.3 Å². The van der Waals surface area contributed by atoms with Crippen molar-refractivity contribution >= 4 is 12.0 Å². The molecule has 0 radical (unpaired) electrons. The normalized spacial score (nSPS) is 46.4. The van der Waals surface area contributed by atoms with Crippen LogP contribution in [0.2, 0.25) is 0 Å². The molecule has 0 saturated heterocycles. The number of methoxy groups -OCH3 is 1. The average Bonchev–Trinajstić information content (AvgIpc) is 2.25. The van der Waals surface area contributed by atoms with Crippen molar-refractivity contribution in [3.05, 3.63) is 0 Å². The maximum Gasteiger partial charge on any atom is 0.311 e. The molecule has 4 fully saturated rings. The third-order valence-electron chi connectivity index (χ3n) is 4.93. The Hall–Kier alpha value is -1.15. The zero-order valence-electron chi connectivity index (χ0n) is 10.1. The predicted molar refractivity (Wildman–Crippen MR) is 60.0 cm³/mol. The van der Waals surface area contributed by atoms with E-state index in [2.05, 4.69) is 4.99 Å². The van der Waals surface area contributed by atoms with Crippen LogP contribution >= 0.6 is 0 Å². The molecular weight excluding hydrogens is 218 g/mol. The minimum absolute atomic E-state index is 0.0999. The number of esters is 1. The second kappa shape index (κ2) is 3.42. The molecular formula is C13H17NO3. The van der Waals surface area contributed by atoms with E-state index in [9.17, 15) is 9.59 Å². The van der Waals surface area contributed by atoms with Crippen molar-refractivity contribution in [2.45, 2.75) is 44.1 Å². The summed E-state index contributed by atoms with van der Waals surface area (Å²) in [6, 6.07) is 0. The molecule has 0 aromatic rings. The molecule has 0 heterocycles. The van der Waals surface area contributed by atoms with Gasteiger partial charge in [-0.15, -0.1) is 0 Å². The minimum atomic E-state index is -0.362. The Morgan fingerprint density at radius 1 is 1.29 bits per heavy atom. The highest BCUT2D eigenvalue weighted by Crippen LogP contribution is 2.63. The van der Waals surface area contributed by atoms with E-state index >= 15 is 0 Å². The molecule has 0 aliphatic heterocycles. The zero-order valence-corrected chi connectivity index (χ0v) is 10.1. The molecule has 4 rings (SSSR count). The number of isocyanates is 1. The Morgan fingerprint density at radius 3 is 2.47 bits per heavy atom. The summed E-state index contributed by atoms with van der Waals surface area (Å²) in [6.45, 7) is 0. The van der Waals surface area contributed by atoms with Gasteiger partial charge in [-0.2, -0.15) is 4.99 Å². The fraction of sp³-hybridized carbons (Fsp3) is 0.846. The van der Waals surface area contributed by atoms with Gasteiger partial charge in [0.15, 0.2) is 0 Å². The molecule has 4 bridgehead atoms. The highest BCUT2D eigenvalue weighted by atomic mass is 16.5. The summed E-state index contributed by atoms with van der Waals surface area (Å²) in [5.74, 6) is 0.969. The molecule has 4 heteroatoms. The summed E-state index contributed by atoms with van der Waals surface area (Å²) >= 11 is 0. The summed E-state index contributed by atoms with van der Waals surface area (Å²) in [7, 11) is 1.45. The van der Waals surface area contributed by atoms with Crippen LogP contribution in [-0.4, -0.2) is 24.7 Å². The van der Waals surface area contributed by atoms with E-state index in [0.29, 0.717) is 18.3 Å². The van der Waals surface area contributed by atoms with Gasteiger partial charge in [-0.3, -0.25) is 4.79 Å². The van der Waals surface area contributed by atoms with E-state index in [4.69, 9.17) is 4.74 Å². The number of nitrogens with zero attached hydrogens (tertiary/aromatic N) is 1. The van der Waals surface area contributed by atoms with E-state index in [-0.39, 0.29) is 16.9 Å². The Morgan fingerprint density at radius 2 is 1.94 bits per heavy atom. The first kappa shape index (κ1) is 11.0. The van der Waals surface area contributed by atoms with Crippen LogP contribution in [0.25, 0.3) is 0 Å². The van der Waals surface area contributed by atoms with Crippen molar-refractivity contribution in [2.24, 2.45) is 22.2 Å². The molecule has 4 aliphatic rings. The molecule has 4 saturated carbocycles. The standard InChI is InChI=1S/C13H17NO3/c1-17-11(16)12-3-9-2-10(4-12)6-13(5-9,7-12)14-8-15/h9-10H,2-7H2,1H3.